The number of amides is 7. The zero-order valence-electron chi connectivity index (χ0n) is 27.3. The van der Waals surface area contributed by atoms with E-state index < -0.39 is 54.7 Å². The fraction of sp³-hybridized carbons (Fsp3) is 0.484. The summed E-state index contributed by atoms with van der Waals surface area (Å²) in [6.45, 7) is 7.81. The molecule has 1 aliphatic rings. The molecule has 7 amide bonds. The number of anilines is 1. The number of ether oxygens (including phenoxy) is 1. The Morgan fingerprint density at radius 1 is 0.915 bits per heavy atom. The number of hydrogen-bond donors (Lipinski definition) is 6. The number of esters is 1. The molecule has 0 aromatic heterocycles. The van der Waals surface area contributed by atoms with Crippen molar-refractivity contribution < 1.29 is 48.2 Å². The molecular formula is C31H46N6O10. The Hall–Kier alpha value is -5.28. The Kier molecular flexibility index (Phi) is 21.3. The molecule has 0 spiro atoms. The van der Waals surface area contributed by atoms with Gasteiger partial charge in [-0.2, -0.15) is 0 Å². The van der Waals surface area contributed by atoms with E-state index in [1.807, 2.05) is 20.8 Å². The van der Waals surface area contributed by atoms with Crippen molar-refractivity contribution in [3.05, 3.63) is 42.0 Å². The van der Waals surface area contributed by atoms with Crippen LogP contribution in [0.15, 0.2) is 36.4 Å². The second kappa shape index (κ2) is 24.0. The molecule has 0 fully saturated rings. The quantitative estimate of drug-likeness (QED) is 0.0794. The number of aliphatic carboxylic acids is 1. The molecule has 1 unspecified atom stereocenters. The molecule has 0 radical (unpaired) electrons. The van der Waals surface area contributed by atoms with Crippen LogP contribution in [0, 0.1) is 0 Å². The van der Waals surface area contributed by atoms with Crippen LogP contribution >= 0.6 is 0 Å². The Morgan fingerprint density at radius 2 is 1.53 bits per heavy atom. The van der Waals surface area contributed by atoms with E-state index >= 15 is 0 Å². The van der Waals surface area contributed by atoms with Crippen molar-refractivity contribution in [1.82, 2.24) is 20.9 Å². The maximum atomic E-state index is 12.4. The molecule has 7 N–H and O–H groups in total. The van der Waals surface area contributed by atoms with E-state index in [1.54, 1.807) is 24.3 Å². The molecule has 16 heteroatoms. The number of carboxylic acids is 1. The highest BCUT2D eigenvalue weighted by atomic mass is 16.5. The molecule has 0 saturated carbocycles. The lowest BCUT2D eigenvalue weighted by atomic mass is 10.1. The third-order valence-electron chi connectivity index (χ3n) is 5.87. The number of nitrogens with zero attached hydrogens (tertiary/aromatic N) is 1. The summed E-state index contributed by atoms with van der Waals surface area (Å²) in [6.07, 6.45) is 4.09. The van der Waals surface area contributed by atoms with E-state index in [0.29, 0.717) is 37.1 Å². The molecular weight excluding hydrogens is 616 g/mol. The number of urea groups is 1. The second-order valence-electron chi connectivity index (χ2n) is 9.72. The second-order valence-corrected chi connectivity index (χ2v) is 9.72. The summed E-state index contributed by atoms with van der Waals surface area (Å²) in [7, 11) is 0. The van der Waals surface area contributed by atoms with E-state index in [0.717, 1.165) is 11.3 Å². The minimum Gasteiger partial charge on any atom is -0.481 e. The van der Waals surface area contributed by atoms with Crippen molar-refractivity contribution in [2.45, 2.75) is 78.9 Å². The van der Waals surface area contributed by atoms with Crippen molar-refractivity contribution >= 4 is 53.2 Å². The van der Waals surface area contributed by atoms with Crippen LogP contribution < -0.4 is 27.0 Å². The highest BCUT2D eigenvalue weighted by Crippen LogP contribution is 2.11. The van der Waals surface area contributed by atoms with Crippen molar-refractivity contribution in [2.24, 2.45) is 5.73 Å². The summed E-state index contributed by atoms with van der Waals surface area (Å²) in [4.78, 5) is 92.8. The molecule has 0 aliphatic carbocycles. The van der Waals surface area contributed by atoms with Gasteiger partial charge < -0.3 is 36.8 Å². The number of imide groups is 1. The Bertz CT molecular complexity index is 1230. The normalized spacial score (nSPS) is 12.0. The van der Waals surface area contributed by atoms with Crippen LogP contribution in [-0.2, 0) is 44.9 Å². The first kappa shape index (κ1) is 41.7. The molecule has 1 heterocycles. The summed E-state index contributed by atoms with van der Waals surface area (Å²) in [6, 6.07) is 4.66. The highest BCUT2D eigenvalue weighted by molar-refractivity contribution is 6.12. The van der Waals surface area contributed by atoms with E-state index in [9.17, 15) is 38.4 Å². The van der Waals surface area contributed by atoms with Crippen LogP contribution in [0.3, 0.4) is 0 Å². The molecule has 0 bridgehead atoms. The minimum absolute atomic E-state index is 0.0114. The number of carboxylic acid groups (broad SMARTS) is 1. The van der Waals surface area contributed by atoms with Gasteiger partial charge in [-0.15, -0.1) is 0 Å². The smallest absolute Gasteiger partial charge is 0.312 e. The number of primary amides is 1. The lowest BCUT2D eigenvalue weighted by Gasteiger charge is -2.17. The van der Waals surface area contributed by atoms with Gasteiger partial charge in [-0.05, 0) is 37.0 Å². The lowest BCUT2D eigenvalue weighted by molar-refractivity contribution is -0.142. The van der Waals surface area contributed by atoms with Gasteiger partial charge in [0.15, 0.2) is 0 Å². The van der Waals surface area contributed by atoms with Gasteiger partial charge in [0.1, 0.15) is 12.6 Å². The van der Waals surface area contributed by atoms with Crippen LogP contribution in [-0.4, -0.2) is 83.2 Å². The Balaban J connectivity index is 0.00000207. The van der Waals surface area contributed by atoms with Gasteiger partial charge in [-0.1, -0.05) is 39.3 Å². The molecule has 1 aliphatic heterocycles. The van der Waals surface area contributed by atoms with E-state index in [4.69, 9.17) is 15.6 Å². The summed E-state index contributed by atoms with van der Waals surface area (Å²) in [5.74, 6) is -4.42. The number of unbranched alkanes of at least 4 members (excludes halogenated alkanes) is 2. The molecule has 16 nitrogen and oxygen atoms in total. The predicted octanol–water partition coefficient (Wildman–Crippen LogP) is 1.34. The maximum Gasteiger partial charge on any atom is 0.312 e. The molecule has 1 atom stereocenters. The summed E-state index contributed by atoms with van der Waals surface area (Å²) < 4.78 is 4.88. The lowest BCUT2D eigenvalue weighted by Crippen LogP contribution is -2.49. The monoisotopic (exact) mass is 662 g/mol. The van der Waals surface area contributed by atoms with Crippen LogP contribution in [0.2, 0.25) is 0 Å². The molecule has 2 rings (SSSR count). The number of carbonyl (C=O) groups is 8. The van der Waals surface area contributed by atoms with Gasteiger partial charge in [-0.25, -0.2) is 4.79 Å². The molecule has 260 valence electrons. The molecule has 47 heavy (non-hydrogen) atoms. The van der Waals surface area contributed by atoms with Crippen molar-refractivity contribution in [2.75, 3.05) is 25.0 Å². The fourth-order valence-electron chi connectivity index (χ4n) is 3.65. The SMILES string of the molecule is CC.CC(=O)OCc1ccc(NC(=O)CNC(=O)C(CC(=O)O)NC(=O)CCCCCN2C(=O)C=CC2=O)cc1.CCCNC(N)=O. The number of carbonyl (C=O) groups excluding carboxylic acids is 7. The van der Waals surface area contributed by atoms with Gasteiger partial charge >= 0.3 is 18.0 Å². The number of nitrogens with one attached hydrogen (secondary N) is 4. The summed E-state index contributed by atoms with van der Waals surface area (Å²) >= 11 is 0. The average Bonchev–Trinajstić information content (AvgIpc) is 3.35. The van der Waals surface area contributed by atoms with Crippen LogP contribution in [0.1, 0.15) is 71.8 Å². The largest absolute Gasteiger partial charge is 0.481 e. The standard InChI is InChI=1S/C25H30N4O9.C4H10N2O.C2H6/c1-16(30)38-15-17-6-8-18(9-7-17)27-21(32)14-26-25(37)19(13-24(35)36)28-20(31)5-3-2-4-12-29-22(33)10-11-23(29)34;1-2-3-6-4(5)7;1-2/h6-11,19H,2-5,12-15H2,1H3,(H,26,37)(H,27,32)(H,28,31)(H,35,36);2-3H2,1H3,(H3,5,6,7);1-2H3. The zero-order chi connectivity index (χ0) is 35.8. The van der Waals surface area contributed by atoms with Gasteiger partial charge in [0.25, 0.3) is 11.8 Å². The molecule has 1 aromatic carbocycles. The number of hydrogen-bond acceptors (Lipinski definition) is 9. The van der Waals surface area contributed by atoms with Gasteiger partial charge in [-0.3, -0.25) is 38.5 Å². The molecule has 0 saturated heterocycles. The van der Waals surface area contributed by atoms with Crippen LogP contribution in [0.5, 0.6) is 0 Å². The topological polar surface area (TPSA) is 243 Å². The summed E-state index contributed by atoms with van der Waals surface area (Å²) in [5, 5.41) is 18.8. The first-order valence-corrected chi connectivity index (χ1v) is 15.2. The third-order valence-corrected chi connectivity index (χ3v) is 5.87. The van der Waals surface area contributed by atoms with Gasteiger partial charge in [0, 0.05) is 44.3 Å². The predicted molar refractivity (Wildman–Crippen MR) is 171 cm³/mol. The van der Waals surface area contributed by atoms with Gasteiger partial charge in [0.2, 0.25) is 17.7 Å². The maximum absolute atomic E-state index is 12.4. The van der Waals surface area contributed by atoms with Crippen LogP contribution in [0.4, 0.5) is 10.5 Å². The third kappa shape index (κ3) is 19.7. The van der Waals surface area contributed by atoms with E-state index in [-0.39, 0.29) is 31.4 Å². The first-order valence-electron chi connectivity index (χ1n) is 15.2. The zero-order valence-corrected chi connectivity index (χ0v) is 27.3. The van der Waals surface area contributed by atoms with Crippen molar-refractivity contribution in [3.8, 4) is 0 Å². The van der Waals surface area contributed by atoms with Crippen molar-refractivity contribution in [3.63, 3.8) is 0 Å². The minimum atomic E-state index is -1.38. The van der Waals surface area contributed by atoms with Gasteiger partial charge in [0.05, 0.1) is 13.0 Å². The van der Waals surface area contributed by atoms with Crippen molar-refractivity contribution in [1.29, 1.82) is 0 Å². The number of rotatable bonds is 17. The summed E-state index contributed by atoms with van der Waals surface area (Å²) in [5.41, 5.74) is 5.88. The number of nitrogens with two attached hydrogens (primary N) is 1. The fourth-order valence-corrected chi connectivity index (χ4v) is 3.65. The number of benzene rings is 1. The molecule has 1 aromatic rings. The Morgan fingerprint density at radius 3 is 2.04 bits per heavy atom. The highest BCUT2D eigenvalue weighted by Gasteiger charge is 2.25. The Labute approximate surface area is 273 Å². The first-order chi connectivity index (χ1) is 22.3. The van der Waals surface area contributed by atoms with E-state index in [2.05, 4.69) is 21.3 Å². The van der Waals surface area contributed by atoms with Crippen LogP contribution in [0.25, 0.3) is 0 Å². The van der Waals surface area contributed by atoms with E-state index in [1.165, 1.54) is 19.1 Å². The average molecular weight is 663 g/mol.